The zero-order chi connectivity index (χ0) is 16.4. The molecule has 4 nitrogen and oxygen atoms in total. The molecule has 1 fully saturated rings. The standard InChI is InChI=1S/C18H36N2O2.2ClH/c1-5-6-7-9-16-15(14-18(21)22-4)10-11-17(16)19-12-8-13-20(2)3;;/h15-17,19H,5-14H2,1-4H3;2*1H. The highest BCUT2D eigenvalue weighted by molar-refractivity contribution is 5.85. The van der Waals surface area contributed by atoms with Crippen molar-refractivity contribution >= 4 is 30.8 Å². The molecule has 0 aromatic carbocycles. The van der Waals surface area contributed by atoms with Crippen molar-refractivity contribution in [3.63, 3.8) is 0 Å². The van der Waals surface area contributed by atoms with E-state index in [1.807, 2.05) is 0 Å². The van der Waals surface area contributed by atoms with Crippen molar-refractivity contribution in [3.05, 3.63) is 0 Å². The number of hydrogen-bond acceptors (Lipinski definition) is 4. The summed E-state index contributed by atoms with van der Waals surface area (Å²) in [6.07, 6.45) is 9.26. The number of carbonyl (C=O) groups is 1. The maximum absolute atomic E-state index is 11.6. The maximum atomic E-state index is 11.6. The van der Waals surface area contributed by atoms with Gasteiger partial charge in [-0.15, -0.1) is 24.8 Å². The predicted molar refractivity (Wildman–Crippen MR) is 106 cm³/mol. The largest absolute Gasteiger partial charge is 0.469 e. The second-order valence-corrected chi connectivity index (χ2v) is 6.99. The molecule has 1 aliphatic rings. The lowest BCUT2D eigenvalue weighted by molar-refractivity contribution is -0.142. The van der Waals surface area contributed by atoms with E-state index < -0.39 is 0 Å². The first-order valence-electron chi connectivity index (χ1n) is 9.03. The van der Waals surface area contributed by atoms with Crippen molar-refractivity contribution in [1.82, 2.24) is 10.2 Å². The van der Waals surface area contributed by atoms with Gasteiger partial charge in [0.1, 0.15) is 0 Å². The fourth-order valence-electron chi connectivity index (χ4n) is 3.70. The maximum Gasteiger partial charge on any atom is 0.305 e. The number of carbonyl (C=O) groups excluding carboxylic acids is 1. The van der Waals surface area contributed by atoms with Gasteiger partial charge < -0.3 is 15.0 Å². The summed E-state index contributed by atoms with van der Waals surface area (Å²) >= 11 is 0. The summed E-state index contributed by atoms with van der Waals surface area (Å²) in [6.45, 7) is 4.46. The highest BCUT2D eigenvalue weighted by atomic mass is 35.5. The van der Waals surface area contributed by atoms with Crippen LogP contribution in [0.25, 0.3) is 0 Å². The van der Waals surface area contributed by atoms with Crippen molar-refractivity contribution < 1.29 is 9.53 Å². The van der Waals surface area contributed by atoms with Gasteiger partial charge in [0.05, 0.1) is 7.11 Å². The third-order valence-corrected chi connectivity index (χ3v) is 4.96. The van der Waals surface area contributed by atoms with Crippen LogP contribution in [-0.2, 0) is 9.53 Å². The number of nitrogens with zero attached hydrogens (tertiary/aromatic N) is 1. The molecule has 0 heterocycles. The molecular formula is C18H38Cl2N2O2. The summed E-state index contributed by atoms with van der Waals surface area (Å²) in [5.41, 5.74) is 0. The van der Waals surface area contributed by atoms with Gasteiger partial charge in [-0.1, -0.05) is 26.2 Å². The first kappa shape index (κ1) is 26.2. The van der Waals surface area contributed by atoms with Gasteiger partial charge in [-0.3, -0.25) is 4.79 Å². The summed E-state index contributed by atoms with van der Waals surface area (Å²) in [6, 6.07) is 0.591. The normalized spacial score (nSPS) is 22.8. The Morgan fingerprint density at radius 3 is 2.46 bits per heavy atom. The number of halogens is 2. The van der Waals surface area contributed by atoms with Crippen LogP contribution in [0.2, 0.25) is 0 Å². The van der Waals surface area contributed by atoms with Gasteiger partial charge in [0.2, 0.25) is 0 Å². The average Bonchev–Trinajstić information content (AvgIpc) is 2.86. The Morgan fingerprint density at radius 2 is 1.88 bits per heavy atom. The first-order valence-corrected chi connectivity index (χ1v) is 9.03. The van der Waals surface area contributed by atoms with Crippen LogP contribution < -0.4 is 5.32 Å². The molecule has 1 rings (SSSR count). The average molecular weight is 385 g/mol. The summed E-state index contributed by atoms with van der Waals surface area (Å²) in [4.78, 5) is 13.9. The molecule has 0 aromatic heterocycles. The SMILES string of the molecule is CCCCCC1C(CC(=O)OC)CCC1NCCCN(C)C.Cl.Cl. The van der Waals surface area contributed by atoms with E-state index in [0.29, 0.717) is 24.3 Å². The van der Waals surface area contributed by atoms with Crippen molar-refractivity contribution in [1.29, 1.82) is 0 Å². The fourth-order valence-corrected chi connectivity index (χ4v) is 3.70. The minimum absolute atomic E-state index is 0. The van der Waals surface area contributed by atoms with E-state index in [1.165, 1.54) is 45.6 Å². The van der Waals surface area contributed by atoms with E-state index in [2.05, 4.69) is 31.2 Å². The van der Waals surface area contributed by atoms with Gasteiger partial charge in [-0.05, 0) is 64.7 Å². The Labute approximate surface area is 161 Å². The quantitative estimate of drug-likeness (QED) is 0.433. The van der Waals surface area contributed by atoms with Crippen LogP contribution >= 0.6 is 24.8 Å². The molecule has 0 radical (unpaired) electrons. The number of hydrogen-bond donors (Lipinski definition) is 1. The smallest absolute Gasteiger partial charge is 0.305 e. The first-order chi connectivity index (χ1) is 10.6. The molecule has 3 unspecified atom stereocenters. The van der Waals surface area contributed by atoms with Gasteiger partial charge in [-0.2, -0.15) is 0 Å². The van der Waals surface area contributed by atoms with E-state index in [-0.39, 0.29) is 30.8 Å². The lowest BCUT2D eigenvalue weighted by atomic mass is 9.86. The molecular weight excluding hydrogens is 347 g/mol. The minimum atomic E-state index is -0.0428. The second-order valence-electron chi connectivity index (χ2n) is 6.99. The number of rotatable bonds is 11. The van der Waals surface area contributed by atoms with E-state index in [0.717, 1.165) is 19.5 Å². The Hall–Kier alpha value is -0.0300. The van der Waals surface area contributed by atoms with Crippen molar-refractivity contribution in [2.45, 2.75) is 64.3 Å². The number of methoxy groups -OCH3 is 1. The summed E-state index contributed by atoms with van der Waals surface area (Å²) < 4.78 is 4.88. The Bertz CT molecular complexity index is 317. The second kappa shape index (κ2) is 15.2. The van der Waals surface area contributed by atoms with E-state index in [1.54, 1.807) is 0 Å². The van der Waals surface area contributed by atoms with E-state index >= 15 is 0 Å². The van der Waals surface area contributed by atoms with Crippen LogP contribution in [0.5, 0.6) is 0 Å². The third kappa shape index (κ3) is 10.1. The molecule has 0 aliphatic heterocycles. The Kier molecular flexibility index (Phi) is 16.6. The fraction of sp³-hybridized carbons (Fsp3) is 0.944. The van der Waals surface area contributed by atoms with Crippen LogP contribution in [0, 0.1) is 11.8 Å². The summed E-state index contributed by atoms with van der Waals surface area (Å²) in [7, 11) is 5.74. The zero-order valence-corrected chi connectivity index (χ0v) is 17.5. The lowest BCUT2D eigenvalue weighted by Crippen LogP contribution is -2.36. The molecule has 1 saturated carbocycles. The van der Waals surface area contributed by atoms with Crippen LogP contribution in [0.4, 0.5) is 0 Å². The highest BCUT2D eigenvalue weighted by Crippen LogP contribution is 2.38. The van der Waals surface area contributed by atoms with Gasteiger partial charge in [0.15, 0.2) is 0 Å². The van der Waals surface area contributed by atoms with Gasteiger partial charge in [0.25, 0.3) is 0 Å². The lowest BCUT2D eigenvalue weighted by Gasteiger charge is -2.26. The van der Waals surface area contributed by atoms with Gasteiger partial charge in [0, 0.05) is 12.5 Å². The Balaban J connectivity index is 0. The van der Waals surface area contributed by atoms with Crippen LogP contribution in [0.15, 0.2) is 0 Å². The van der Waals surface area contributed by atoms with Crippen molar-refractivity contribution in [3.8, 4) is 0 Å². The molecule has 146 valence electrons. The molecule has 0 bridgehead atoms. The minimum Gasteiger partial charge on any atom is -0.469 e. The molecule has 1 aliphatic carbocycles. The van der Waals surface area contributed by atoms with E-state index in [9.17, 15) is 4.79 Å². The van der Waals surface area contributed by atoms with Crippen LogP contribution in [0.1, 0.15) is 58.3 Å². The van der Waals surface area contributed by atoms with Crippen LogP contribution in [0.3, 0.4) is 0 Å². The van der Waals surface area contributed by atoms with Gasteiger partial charge >= 0.3 is 5.97 Å². The molecule has 0 amide bonds. The van der Waals surface area contributed by atoms with E-state index in [4.69, 9.17) is 4.74 Å². The van der Waals surface area contributed by atoms with Crippen LogP contribution in [-0.4, -0.2) is 51.2 Å². The summed E-state index contributed by atoms with van der Waals surface area (Å²) in [5.74, 6) is 1.11. The molecule has 0 saturated heterocycles. The molecule has 24 heavy (non-hydrogen) atoms. The summed E-state index contributed by atoms with van der Waals surface area (Å²) in [5, 5.41) is 3.76. The topological polar surface area (TPSA) is 41.6 Å². The van der Waals surface area contributed by atoms with Gasteiger partial charge in [-0.25, -0.2) is 0 Å². The number of ether oxygens (including phenoxy) is 1. The van der Waals surface area contributed by atoms with Crippen molar-refractivity contribution in [2.75, 3.05) is 34.3 Å². The number of nitrogens with one attached hydrogen (secondary N) is 1. The molecule has 6 heteroatoms. The molecule has 0 spiro atoms. The zero-order valence-electron chi connectivity index (χ0n) is 15.9. The predicted octanol–water partition coefficient (Wildman–Crippen LogP) is 3.91. The number of esters is 1. The molecule has 3 atom stereocenters. The molecule has 0 aromatic rings. The third-order valence-electron chi connectivity index (χ3n) is 4.96. The van der Waals surface area contributed by atoms with Crippen molar-refractivity contribution in [2.24, 2.45) is 11.8 Å². The highest BCUT2D eigenvalue weighted by Gasteiger charge is 2.36. The Morgan fingerprint density at radius 1 is 1.17 bits per heavy atom. The monoisotopic (exact) mass is 384 g/mol. The number of unbranched alkanes of at least 4 members (excludes halogenated alkanes) is 2. The molecule has 1 N–H and O–H groups in total.